The Balaban J connectivity index is 1.41. The lowest BCUT2D eigenvalue weighted by Gasteiger charge is -1.99. The molecule has 5 nitrogen and oxygen atoms in total. The van der Waals surface area contributed by atoms with E-state index in [1.807, 2.05) is 24.3 Å². The molecule has 0 bridgehead atoms. The summed E-state index contributed by atoms with van der Waals surface area (Å²) in [6.07, 6.45) is 3.17. The quantitative estimate of drug-likeness (QED) is 0.306. The van der Waals surface area contributed by atoms with Gasteiger partial charge >= 0.3 is 0 Å². The van der Waals surface area contributed by atoms with E-state index in [1.54, 1.807) is 18.3 Å². The van der Waals surface area contributed by atoms with Crippen LogP contribution in [0.25, 0.3) is 33.4 Å². The highest BCUT2D eigenvalue weighted by Gasteiger charge is 2.14. The molecule has 0 N–H and O–H groups in total. The summed E-state index contributed by atoms with van der Waals surface area (Å²) in [7, 11) is 0. The third-order valence-corrected chi connectivity index (χ3v) is 5.10. The fourth-order valence-corrected chi connectivity index (χ4v) is 3.64. The van der Waals surface area contributed by atoms with E-state index in [-0.39, 0.29) is 5.82 Å². The number of furan rings is 1. The van der Waals surface area contributed by atoms with Gasteiger partial charge in [0, 0.05) is 10.9 Å². The molecule has 2 aromatic carbocycles. The van der Waals surface area contributed by atoms with Crippen molar-refractivity contribution in [2.45, 2.75) is 10.8 Å². The Morgan fingerprint density at radius 2 is 1.78 bits per heavy atom. The van der Waals surface area contributed by atoms with Gasteiger partial charge in [0.05, 0.1) is 11.9 Å². The Hall–Kier alpha value is -3.19. The maximum atomic E-state index is 13.1. The molecule has 0 aliphatic rings. The molecule has 0 saturated heterocycles. The molecular formula is C20H12FN3O2S. The summed E-state index contributed by atoms with van der Waals surface area (Å²) >= 11 is 1.47. The number of fused-ring (bicyclic) bond motifs is 3. The van der Waals surface area contributed by atoms with Crippen molar-refractivity contribution in [3.8, 4) is 11.3 Å². The molecule has 7 heteroatoms. The van der Waals surface area contributed by atoms with Gasteiger partial charge in [-0.2, -0.15) is 0 Å². The van der Waals surface area contributed by atoms with Crippen LogP contribution < -0.4 is 0 Å². The van der Waals surface area contributed by atoms with Crippen LogP contribution in [0.15, 0.2) is 74.9 Å². The van der Waals surface area contributed by atoms with Gasteiger partial charge in [-0.3, -0.25) is 0 Å². The molecule has 0 amide bonds. The number of aromatic nitrogens is 3. The summed E-state index contributed by atoms with van der Waals surface area (Å²) in [5.41, 5.74) is 3.02. The van der Waals surface area contributed by atoms with E-state index in [0.29, 0.717) is 23.0 Å². The first kappa shape index (κ1) is 16.0. The zero-order chi connectivity index (χ0) is 18.2. The number of halogens is 1. The summed E-state index contributed by atoms with van der Waals surface area (Å²) in [6.45, 7) is 0. The van der Waals surface area contributed by atoms with Gasteiger partial charge in [-0.15, -0.1) is 0 Å². The minimum absolute atomic E-state index is 0.285. The van der Waals surface area contributed by atoms with Gasteiger partial charge in [0.25, 0.3) is 0 Å². The van der Waals surface area contributed by atoms with Crippen LogP contribution >= 0.6 is 11.8 Å². The van der Waals surface area contributed by atoms with Crippen molar-refractivity contribution in [1.82, 2.24) is 15.0 Å². The highest BCUT2D eigenvalue weighted by molar-refractivity contribution is 7.98. The third kappa shape index (κ3) is 2.96. The van der Waals surface area contributed by atoms with E-state index in [1.165, 1.54) is 30.2 Å². The number of rotatable bonds is 4. The number of para-hydroxylation sites is 1. The number of hydrogen-bond donors (Lipinski definition) is 0. The van der Waals surface area contributed by atoms with E-state index in [9.17, 15) is 4.39 Å². The summed E-state index contributed by atoms with van der Waals surface area (Å²) < 4.78 is 24.7. The molecule has 0 atom stereocenters. The van der Waals surface area contributed by atoms with Gasteiger partial charge < -0.3 is 8.83 Å². The smallest absolute Gasteiger partial charge is 0.205 e. The van der Waals surface area contributed by atoms with Crippen molar-refractivity contribution in [1.29, 1.82) is 0 Å². The van der Waals surface area contributed by atoms with Crippen molar-refractivity contribution in [2.24, 2.45) is 0 Å². The lowest BCUT2D eigenvalue weighted by Crippen LogP contribution is -1.86. The predicted octanol–water partition coefficient (Wildman–Crippen LogP) is 5.46. The summed E-state index contributed by atoms with van der Waals surface area (Å²) in [5.74, 6) is 1.36. The molecule has 0 fully saturated rings. The molecule has 0 radical (unpaired) electrons. The van der Waals surface area contributed by atoms with Crippen molar-refractivity contribution in [3.05, 3.63) is 72.8 Å². The first-order valence-electron chi connectivity index (χ1n) is 8.23. The second-order valence-electron chi connectivity index (χ2n) is 5.87. The maximum Gasteiger partial charge on any atom is 0.205 e. The van der Waals surface area contributed by atoms with Crippen LogP contribution in [0.5, 0.6) is 0 Å². The fourth-order valence-electron chi connectivity index (χ4n) is 2.86. The Labute approximate surface area is 157 Å². The fraction of sp³-hybridized carbons (Fsp3) is 0.0500. The van der Waals surface area contributed by atoms with Gasteiger partial charge in [-0.05, 0) is 36.4 Å². The van der Waals surface area contributed by atoms with Crippen LogP contribution in [0.3, 0.4) is 0 Å². The molecule has 0 spiro atoms. The predicted molar refractivity (Wildman–Crippen MR) is 101 cm³/mol. The average Bonchev–Trinajstić information content (AvgIpc) is 3.32. The van der Waals surface area contributed by atoms with Gasteiger partial charge in [0.2, 0.25) is 5.89 Å². The third-order valence-electron chi connectivity index (χ3n) is 4.14. The lowest BCUT2D eigenvalue weighted by atomic mass is 10.2. The average molecular weight is 377 g/mol. The first-order valence-corrected chi connectivity index (χ1v) is 9.22. The van der Waals surface area contributed by atoms with Crippen molar-refractivity contribution in [2.75, 3.05) is 0 Å². The largest absolute Gasteiger partial charge is 0.451 e. The standard InChI is InChI=1S/C20H12FN3O2S/c21-13-7-5-12(6-8-13)16-9-22-17(25-16)10-27-20-19-18(23-11-24-20)14-3-1-2-4-15(14)26-19/h1-9,11H,10H2. The molecule has 0 aliphatic carbocycles. The molecule has 0 aliphatic heterocycles. The number of thioether (sulfide) groups is 1. The number of nitrogens with zero attached hydrogens (tertiary/aromatic N) is 3. The second kappa shape index (κ2) is 6.51. The molecule has 5 rings (SSSR count). The monoisotopic (exact) mass is 377 g/mol. The molecule has 0 saturated carbocycles. The minimum atomic E-state index is -0.285. The van der Waals surface area contributed by atoms with E-state index in [2.05, 4.69) is 15.0 Å². The van der Waals surface area contributed by atoms with E-state index >= 15 is 0 Å². The molecule has 3 aromatic heterocycles. The molecule has 132 valence electrons. The Morgan fingerprint density at radius 1 is 0.926 bits per heavy atom. The van der Waals surface area contributed by atoms with Crippen LogP contribution in [0.2, 0.25) is 0 Å². The highest BCUT2D eigenvalue weighted by atomic mass is 32.2. The summed E-state index contributed by atoms with van der Waals surface area (Å²) in [4.78, 5) is 13.0. The number of oxazole rings is 1. The van der Waals surface area contributed by atoms with E-state index in [4.69, 9.17) is 8.83 Å². The summed E-state index contributed by atoms with van der Waals surface area (Å²) in [6, 6.07) is 13.9. The number of hydrogen-bond acceptors (Lipinski definition) is 6. The minimum Gasteiger partial charge on any atom is -0.451 e. The molecular weight excluding hydrogens is 365 g/mol. The first-order chi connectivity index (χ1) is 13.3. The van der Waals surface area contributed by atoms with E-state index in [0.717, 1.165) is 27.1 Å². The molecule has 0 unspecified atom stereocenters. The van der Waals surface area contributed by atoms with Gasteiger partial charge in [-0.1, -0.05) is 23.9 Å². The van der Waals surface area contributed by atoms with Gasteiger partial charge in [-0.25, -0.2) is 19.3 Å². The SMILES string of the molecule is Fc1ccc(-c2cnc(CSc3ncnc4c3oc3ccccc34)o2)cc1. The van der Waals surface area contributed by atoms with Crippen LogP contribution in [0.4, 0.5) is 4.39 Å². The normalized spacial score (nSPS) is 11.4. The van der Waals surface area contributed by atoms with Crippen molar-refractivity contribution < 1.29 is 13.2 Å². The zero-order valence-electron chi connectivity index (χ0n) is 13.9. The lowest BCUT2D eigenvalue weighted by molar-refractivity contribution is 0.529. The zero-order valence-corrected chi connectivity index (χ0v) is 14.7. The molecule has 5 aromatic rings. The van der Waals surface area contributed by atoms with Crippen molar-refractivity contribution >= 4 is 33.8 Å². The Kier molecular flexibility index (Phi) is 3.86. The van der Waals surface area contributed by atoms with Crippen LogP contribution in [-0.4, -0.2) is 15.0 Å². The summed E-state index contributed by atoms with van der Waals surface area (Å²) in [5, 5.41) is 1.70. The number of benzene rings is 2. The van der Waals surface area contributed by atoms with Crippen LogP contribution in [-0.2, 0) is 5.75 Å². The molecule has 3 heterocycles. The highest BCUT2D eigenvalue weighted by Crippen LogP contribution is 2.34. The Morgan fingerprint density at radius 3 is 2.67 bits per heavy atom. The van der Waals surface area contributed by atoms with Crippen LogP contribution in [0.1, 0.15) is 5.89 Å². The van der Waals surface area contributed by atoms with Gasteiger partial charge in [0.15, 0.2) is 11.3 Å². The maximum absolute atomic E-state index is 13.1. The van der Waals surface area contributed by atoms with Gasteiger partial charge in [0.1, 0.15) is 28.3 Å². The van der Waals surface area contributed by atoms with Crippen LogP contribution in [0, 0.1) is 5.82 Å². The van der Waals surface area contributed by atoms with Crippen molar-refractivity contribution in [3.63, 3.8) is 0 Å². The Bertz CT molecular complexity index is 1250. The second-order valence-corrected chi connectivity index (χ2v) is 6.83. The van der Waals surface area contributed by atoms with E-state index < -0.39 is 0 Å². The topological polar surface area (TPSA) is 65.0 Å². The molecule has 27 heavy (non-hydrogen) atoms.